The molecule has 0 N–H and O–H groups in total. The minimum absolute atomic E-state index is 0.321. The summed E-state index contributed by atoms with van der Waals surface area (Å²) >= 11 is 0. The van der Waals surface area contributed by atoms with Gasteiger partial charge in [0.15, 0.2) is 0 Å². The normalized spacial score (nSPS) is 18.3. The van der Waals surface area contributed by atoms with Gasteiger partial charge in [0.05, 0.1) is 17.3 Å². The molecule has 1 fully saturated rings. The molecule has 1 saturated heterocycles. The van der Waals surface area contributed by atoms with Crippen LogP contribution in [0, 0.1) is 0 Å². The molecular formula is C21H26F3N3O2S. The van der Waals surface area contributed by atoms with E-state index in [0.29, 0.717) is 43.7 Å². The van der Waals surface area contributed by atoms with Gasteiger partial charge in [0.1, 0.15) is 0 Å². The van der Waals surface area contributed by atoms with Crippen molar-refractivity contribution < 1.29 is 21.6 Å². The average molecular weight is 442 g/mol. The van der Waals surface area contributed by atoms with Gasteiger partial charge in [-0.3, -0.25) is 4.98 Å². The van der Waals surface area contributed by atoms with Crippen LogP contribution in [-0.4, -0.2) is 41.6 Å². The minimum Gasteiger partial charge on any atom is -0.259 e. The zero-order chi connectivity index (χ0) is 21.9. The van der Waals surface area contributed by atoms with Gasteiger partial charge in [-0.15, -0.1) is 0 Å². The minimum atomic E-state index is -4.37. The van der Waals surface area contributed by atoms with Crippen LogP contribution < -0.4 is 0 Å². The number of hydrogen-bond acceptors (Lipinski definition) is 3. The van der Waals surface area contributed by atoms with Crippen molar-refractivity contribution in [2.24, 2.45) is 0 Å². The Labute approximate surface area is 175 Å². The molecular weight excluding hydrogens is 415 g/mol. The largest absolute Gasteiger partial charge is 0.416 e. The van der Waals surface area contributed by atoms with E-state index in [2.05, 4.69) is 4.98 Å². The third-order valence-electron chi connectivity index (χ3n) is 5.38. The average Bonchev–Trinajstić information content (AvgIpc) is 3.20. The summed E-state index contributed by atoms with van der Waals surface area (Å²) in [5.74, 6) is 0. The lowest BCUT2D eigenvalue weighted by Gasteiger charge is -2.29. The Morgan fingerprint density at radius 3 is 2.47 bits per heavy atom. The first-order chi connectivity index (χ1) is 14.2. The Kier molecular flexibility index (Phi) is 6.84. The van der Waals surface area contributed by atoms with Crippen LogP contribution in [0.5, 0.6) is 0 Å². The summed E-state index contributed by atoms with van der Waals surface area (Å²) in [5, 5.41) is 0. The quantitative estimate of drug-likeness (QED) is 0.639. The maximum absolute atomic E-state index is 12.9. The van der Waals surface area contributed by atoms with E-state index >= 15 is 0 Å². The van der Waals surface area contributed by atoms with Crippen molar-refractivity contribution in [2.75, 3.05) is 19.6 Å². The topological polar surface area (TPSA) is 53.5 Å². The number of aromatic nitrogens is 1. The molecule has 30 heavy (non-hydrogen) atoms. The fourth-order valence-electron chi connectivity index (χ4n) is 3.84. The second kappa shape index (κ2) is 9.03. The Morgan fingerprint density at radius 2 is 1.87 bits per heavy atom. The predicted octanol–water partition coefficient (Wildman–Crippen LogP) is 4.41. The standard InChI is InChI=1S/C21H26F3N3O2S/c1-3-26(4-2)30(28,29)27-12-6-9-20(27)19-11-10-17(15-25-19)13-16-7-5-8-18(14-16)21(22,23)24/h5,7-8,10-11,14-15,20H,3-4,6,9,12-13H2,1-2H3/t20-/m1/s1. The van der Waals surface area contributed by atoms with Gasteiger partial charge in [-0.2, -0.15) is 30.2 Å². The maximum Gasteiger partial charge on any atom is 0.416 e. The highest BCUT2D eigenvalue weighted by atomic mass is 32.2. The Hall–Kier alpha value is -1.97. The van der Waals surface area contributed by atoms with E-state index in [9.17, 15) is 21.6 Å². The van der Waals surface area contributed by atoms with Crippen molar-refractivity contribution in [3.63, 3.8) is 0 Å². The molecule has 1 aliphatic heterocycles. The van der Waals surface area contributed by atoms with Gasteiger partial charge in [0.2, 0.25) is 0 Å². The summed E-state index contributed by atoms with van der Waals surface area (Å²) in [6.45, 7) is 4.90. The summed E-state index contributed by atoms with van der Waals surface area (Å²) in [6.07, 6.45) is -0.973. The van der Waals surface area contributed by atoms with Crippen LogP contribution in [0.4, 0.5) is 13.2 Å². The molecule has 1 aromatic heterocycles. The van der Waals surface area contributed by atoms with Crippen LogP contribution in [0.3, 0.4) is 0 Å². The second-order valence-electron chi connectivity index (χ2n) is 7.33. The molecule has 1 aliphatic rings. The van der Waals surface area contributed by atoms with Crippen molar-refractivity contribution in [3.8, 4) is 0 Å². The summed E-state index contributed by atoms with van der Waals surface area (Å²) in [4.78, 5) is 4.46. The highest BCUT2D eigenvalue weighted by Crippen LogP contribution is 2.34. The molecule has 0 bridgehead atoms. The number of benzene rings is 1. The number of hydrogen-bond donors (Lipinski definition) is 0. The third kappa shape index (κ3) is 4.84. The second-order valence-corrected chi connectivity index (χ2v) is 9.21. The Balaban J connectivity index is 1.77. The van der Waals surface area contributed by atoms with E-state index in [0.717, 1.165) is 24.1 Å². The number of pyridine rings is 1. The van der Waals surface area contributed by atoms with E-state index in [-0.39, 0.29) is 6.04 Å². The van der Waals surface area contributed by atoms with Crippen LogP contribution in [0.2, 0.25) is 0 Å². The van der Waals surface area contributed by atoms with Crippen molar-refractivity contribution in [3.05, 3.63) is 65.0 Å². The van der Waals surface area contributed by atoms with E-state index < -0.39 is 21.9 Å². The summed E-state index contributed by atoms with van der Waals surface area (Å²) in [7, 11) is -3.56. The lowest BCUT2D eigenvalue weighted by Crippen LogP contribution is -2.43. The molecule has 9 heteroatoms. The van der Waals surface area contributed by atoms with E-state index in [1.807, 2.05) is 19.9 Å². The monoisotopic (exact) mass is 441 g/mol. The van der Waals surface area contributed by atoms with E-state index in [4.69, 9.17) is 0 Å². The SMILES string of the molecule is CCN(CC)S(=O)(=O)N1CCC[C@@H]1c1ccc(Cc2cccc(C(F)(F)F)c2)cn1. The van der Waals surface area contributed by atoms with Crippen molar-refractivity contribution in [1.82, 2.24) is 13.6 Å². The Morgan fingerprint density at radius 1 is 1.13 bits per heavy atom. The zero-order valence-electron chi connectivity index (χ0n) is 17.1. The molecule has 0 spiro atoms. The first kappa shape index (κ1) is 22.7. The fourth-order valence-corrected chi connectivity index (χ4v) is 5.69. The molecule has 0 saturated carbocycles. The lowest BCUT2D eigenvalue weighted by atomic mass is 10.0. The molecule has 1 atom stereocenters. The first-order valence-corrected chi connectivity index (χ1v) is 11.4. The van der Waals surface area contributed by atoms with Gasteiger partial charge >= 0.3 is 6.18 Å². The number of halogens is 3. The highest BCUT2D eigenvalue weighted by molar-refractivity contribution is 7.86. The summed E-state index contributed by atoms with van der Waals surface area (Å²) in [5.41, 5.74) is 1.31. The molecule has 5 nitrogen and oxygen atoms in total. The van der Waals surface area contributed by atoms with Crippen molar-refractivity contribution in [1.29, 1.82) is 0 Å². The number of alkyl halides is 3. The third-order valence-corrected chi connectivity index (χ3v) is 7.58. The molecule has 0 radical (unpaired) electrons. The van der Waals surface area contributed by atoms with Crippen molar-refractivity contribution >= 4 is 10.2 Å². The van der Waals surface area contributed by atoms with Crippen LogP contribution >= 0.6 is 0 Å². The Bertz CT molecular complexity index is 958. The molecule has 1 aromatic carbocycles. The van der Waals surface area contributed by atoms with Crippen molar-refractivity contribution in [2.45, 2.75) is 45.3 Å². The number of rotatable bonds is 7. The van der Waals surface area contributed by atoms with Gasteiger partial charge < -0.3 is 0 Å². The molecule has 3 rings (SSSR count). The van der Waals surface area contributed by atoms with Crippen LogP contribution in [0.25, 0.3) is 0 Å². The summed E-state index contributed by atoms with van der Waals surface area (Å²) < 4.78 is 67.5. The smallest absolute Gasteiger partial charge is 0.259 e. The van der Waals surface area contributed by atoms with Crippen LogP contribution in [0.1, 0.15) is 55.1 Å². The van der Waals surface area contributed by atoms with Crippen LogP contribution in [0.15, 0.2) is 42.6 Å². The lowest BCUT2D eigenvalue weighted by molar-refractivity contribution is -0.137. The van der Waals surface area contributed by atoms with E-state index in [1.165, 1.54) is 14.7 Å². The molecule has 0 unspecified atom stereocenters. The van der Waals surface area contributed by atoms with Gasteiger partial charge in [0, 0.05) is 25.8 Å². The fraction of sp³-hybridized carbons (Fsp3) is 0.476. The molecule has 0 amide bonds. The highest BCUT2D eigenvalue weighted by Gasteiger charge is 2.38. The molecule has 164 valence electrons. The summed E-state index contributed by atoms with van der Waals surface area (Å²) in [6, 6.07) is 8.51. The van der Waals surface area contributed by atoms with Crippen LogP contribution in [-0.2, 0) is 22.8 Å². The molecule has 2 heterocycles. The first-order valence-electron chi connectivity index (χ1n) is 10.0. The van der Waals surface area contributed by atoms with Gasteiger partial charge in [0.25, 0.3) is 10.2 Å². The number of nitrogens with zero attached hydrogens (tertiary/aromatic N) is 3. The molecule has 0 aliphatic carbocycles. The predicted molar refractivity (Wildman–Crippen MR) is 109 cm³/mol. The van der Waals surface area contributed by atoms with Gasteiger partial charge in [-0.1, -0.05) is 38.1 Å². The van der Waals surface area contributed by atoms with Gasteiger partial charge in [-0.05, 0) is 42.5 Å². The maximum atomic E-state index is 12.9. The molecule has 2 aromatic rings. The zero-order valence-corrected chi connectivity index (χ0v) is 17.9. The van der Waals surface area contributed by atoms with Gasteiger partial charge in [-0.25, -0.2) is 0 Å². The van der Waals surface area contributed by atoms with E-state index in [1.54, 1.807) is 18.3 Å².